The molecule has 1 aromatic rings. The molecule has 15 heavy (non-hydrogen) atoms. The van der Waals surface area contributed by atoms with Gasteiger partial charge in [-0.15, -0.1) is 0 Å². The number of para-hydroxylation sites is 1. The first-order valence-corrected chi connectivity index (χ1v) is 5.75. The molecular formula is C13H20N2. The summed E-state index contributed by atoms with van der Waals surface area (Å²) in [6.45, 7) is 1.06. The second kappa shape index (κ2) is 4.23. The third-order valence-corrected chi connectivity index (χ3v) is 3.49. The summed E-state index contributed by atoms with van der Waals surface area (Å²) in [5, 5.41) is 0. The van der Waals surface area contributed by atoms with Crippen LogP contribution in [0.4, 0.5) is 5.69 Å². The van der Waals surface area contributed by atoms with Crippen LogP contribution < -0.4 is 10.6 Å². The van der Waals surface area contributed by atoms with Crippen LogP contribution in [0.25, 0.3) is 0 Å². The second-order valence-electron chi connectivity index (χ2n) is 4.72. The highest BCUT2D eigenvalue weighted by Gasteiger charge is 2.31. The molecule has 82 valence electrons. The highest BCUT2D eigenvalue weighted by atomic mass is 15.1. The Hall–Kier alpha value is -1.02. The van der Waals surface area contributed by atoms with Crippen molar-refractivity contribution in [2.24, 2.45) is 5.73 Å². The number of rotatable bonds is 4. The van der Waals surface area contributed by atoms with E-state index in [2.05, 4.69) is 36.2 Å². The molecule has 0 amide bonds. The molecule has 0 aromatic heterocycles. The zero-order valence-corrected chi connectivity index (χ0v) is 9.45. The molecule has 1 fully saturated rings. The molecular weight excluding hydrogens is 184 g/mol. The quantitative estimate of drug-likeness (QED) is 0.816. The monoisotopic (exact) mass is 204 g/mol. The standard InChI is InChI=1S/C13H20N2/c1-15(12-6-3-2-4-7-12)11-10-13(14)8-5-9-13/h2-4,6-7H,5,8-11,14H2,1H3. The van der Waals surface area contributed by atoms with E-state index in [1.807, 2.05) is 6.07 Å². The summed E-state index contributed by atoms with van der Waals surface area (Å²) in [6, 6.07) is 10.5. The fourth-order valence-electron chi connectivity index (χ4n) is 2.08. The van der Waals surface area contributed by atoms with Gasteiger partial charge in [0.2, 0.25) is 0 Å². The van der Waals surface area contributed by atoms with E-state index >= 15 is 0 Å². The van der Waals surface area contributed by atoms with Crippen molar-refractivity contribution >= 4 is 5.69 Å². The van der Waals surface area contributed by atoms with Crippen molar-refractivity contribution < 1.29 is 0 Å². The second-order valence-corrected chi connectivity index (χ2v) is 4.72. The van der Waals surface area contributed by atoms with E-state index in [9.17, 15) is 0 Å². The van der Waals surface area contributed by atoms with E-state index in [1.165, 1.54) is 24.9 Å². The zero-order chi connectivity index (χ0) is 10.7. The van der Waals surface area contributed by atoms with Gasteiger partial charge in [0.25, 0.3) is 0 Å². The van der Waals surface area contributed by atoms with E-state index in [-0.39, 0.29) is 5.54 Å². The van der Waals surface area contributed by atoms with Crippen molar-refractivity contribution in [3.63, 3.8) is 0 Å². The number of hydrogen-bond acceptors (Lipinski definition) is 2. The molecule has 1 aliphatic carbocycles. The average Bonchev–Trinajstić information content (AvgIpc) is 2.24. The number of anilines is 1. The van der Waals surface area contributed by atoms with Gasteiger partial charge in [-0.2, -0.15) is 0 Å². The number of nitrogens with zero attached hydrogens (tertiary/aromatic N) is 1. The van der Waals surface area contributed by atoms with Crippen molar-refractivity contribution in [1.29, 1.82) is 0 Å². The molecule has 0 saturated heterocycles. The van der Waals surface area contributed by atoms with E-state index in [1.54, 1.807) is 0 Å². The number of hydrogen-bond donors (Lipinski definition) is 1. The summed E-state index contributed by atoms with van der Waals surface area (Å²) < 4.78 is 0. The van der Waals surface area contributed by atoms with E-state index < -0.39 is 0 Å². The van der Waals surface area contributed by atoms with Gasteiger partial charge in [0, 0.05) is 24.8 Å². The third-order valence-electron chi connectivity index (χ3n) is 3.49. The van der Waals surface area contributed by atoms with Crippen LogP contribution >= 0.6 is 0 Å². The third kappa shape index (κ3) is 2.51. The predicted molar refractivity (Wildman–Crippen MR) is 65.1 cm³/mol. The fraction of sp³-hybridized carbons (Fsp3) is 0.538. The number of nitrogens with two attached hydrogens (primary N) is 1. The van der Waals surface area contributed by atoms with Crippen LogP contribution in [0.2, 0.25) is 0 Å². The minimum Gasteiger partial charge on any atom is -0.375 e. The van der Waals surface area contributed by atoms with Crippen LogP contribution in [0.1, 0.15) is 25.7 Å². The molecule has 1 aromatic carbocycles. The van der Waals surface area contributed by atoms with Gasteiger partial charge in [0.1, 0.15) is 0 Å². The fourth-order valence-corrected chi connectivity index (χ4v) is 2.08. The molecule has 0 unspecified atom stereocenters. The summed E-state index contributed by atoms with van der Waals surface area (Å²) in [7, 11) is 2.14. The van der Waals surface area contributed by atoms with E-state index in [4.69, 9.17) is 5.73 Å². The van der Waals surface area contributed by atoms with Gasteiger partial charge >= 0.3 is 0 Å². The highest BCUT2D eigenvalue weighted by Crippen LogP contribution is 2.32. The Morgan fingerprint density at radius 3 is 2.47 bits per heavy atom. The lowest BCUT2D eigenvalue weighted by molar-refractivity contribution is 0.234. The maximum atomic E-state index is 6.20. The van der Waals surface area contributed by atoms with Crippen molar-refractivity contribution in [2.75, 3.05) is 18.5 Å². The molecule has 0 bridgehead atoms. The van der Waals surface area contributed by atoms with Gasteiger partial charge in [-0.25, -0.2) is 0 Å². The molecule has 0 heterocycles. The summed E-state index contributed by atoms with van der Waals surface area (Å²) >= 11 is 0. The summed E-state index contributed by atoms with van der Waals surface area (Å²) in [4.78, 5) is 2.28. The van der Waals surface area contributed by atoms with Crippen molar-refractivity contribution in [3.8, 4) is 0 Å². The van der Waals surface area contributed by atoms with Crippen molar-refractivity contribution in [2.45, 2.75) is 31.2 Å². The Balaban J connectivity index is 1.85. The summed E-state index contributed by atoms with van der Waals surface area (Å²) in [6.07, 6.45) is 4.83. The Morgan fingerprint density at radius 2 is 1.93 bits per heavy atom. The van der Waals surface area contributed by atoms with Crippen molar-refractivity contribution in [1.82, 2.24) is 0 Å². The van der Waals surface area contributed by atoms with Crippen LogP contribution in [0.15, 0.2) is 30.3 Å². The Kier molecular flexibility index (Phi) is 2.96. The zero-order valence-electron chi connectivity index (χ0n) is 9.45. The molecule has 2 heteroatoms. The molecule has 0 radical (unpaired) electrons. The van der Waals surface area contributed by atoms with Crippen LogP contribution in [-0.4, -0.2) is 19.1 Å². The van der Waals surface area contributed by atoms with Gasteiger partial charge in [-0.3, -0.25) is 0 Å². The molecule has 2 nitrogen and oxygen atoms in total. The topological polar surface area (TPSA) is 29.3 Å². The highest BCUT2D eigenvalue weighted by molar-refractivity contribution is 5.44. The lowest BCUT2D eigenvalue weighted by atomic mass is 9.75. The molecule has 1 aliphatic rings. The SMILES string of the molecule is CN(CCC1(N)CCC1)c1ccccc1. The van der Waals surface area contributed by atoms with Gasteiger partial charge in [0.15, 0.2) is 0 Å². The van der Waals surface area contributed by atoms with Crippen LogP contribution in [0.3, 0.4) is 0 Å². The molecule has 2 N–H and O–H groups in total. The van der Waals surface area contributed by atoms with Gasteiger partial charge in [0.05, 0.1) is 0 Å². The van der Waals surface area contributed by atoms with Crippen LogP contribution in [0, 0.1) is 0 Å². The molecule has 0 spiro atoms. The van der Waals surface area contributed by atoms with Gasteiger partial charge in [-0.05, 0) is 37.8 Å². The Morgan fingerprint density at radius 1 is 1.27 bits per heavy atom. The smallest absolute Gasteiger partial charge is 0.0363 e. The molecule has 0 atom stereocenters. The first kappa shape index (κ1) is 10.5. The average molecular weight is 204 g/mol. The first-order valence-electron chi connectivity index (χ1n) is 5.75. The molecule has 2 rings (SSSR count). The lowest BCUT2D eigenvalue weighted by Gasteiger charge is -2.39. The van der Waals surface area contributed by atoms with E-state index in [0.717, 1.165) is 13.0 Å². The van der Waals surface area contributed by atoms with E-state index in [0.29, 0.717) is 0 Å². The van der Waals surface area contributed by atoms with Crippen LogP contribution in [0.5, 0.6) is 0 Å². The predicted octanol–water partition coefficient (Wildman–Crippen LogP) is 2.39. The number of benzene rings is 1. The maximum Gasteiger partial charge on any atom is 0.0363 e. The first-order chi connectivity index (χ1) is 7.20. The molecule has 0 aliphatic heterocycles. The Labute approximate surface area is 92.1 Å². The van der Waals surface area contributed by atoms with Gasteiger partial charge in [-0.1, -0.05) is 18.2 Å². The molecule has 1 saturated carbocycles. The van der Waals surface area contributed by atoms with Crippen molar-refractivity contribution in [3.05, 3.63) is 30.3 Å². The largest absolute Gasteiger partial charge is 0.375 e. The minimum atomic E-state index is 0.142. The summed E-state index contributed by atoms with van der Waals surface area (Å²) in [5.41, 5.74) is 7.62. The van der Waals surface area contributed by atoms with Gasteiger partial charge < -0.3 is 10.6 Å². The summed E-state index contributed by atoms with van der Waals surface area (Å²) in [5.74, 6) is 0. The lowest BCUT2D eigenvalue weighted by Crippen LogP contribution is -2.48. The maximum absolute atomic E-state index is 6.20. The normalized spacial score (nSPS) is 18.3. The Bertz CT molecular complexity index is 304. The minimum absolute atomic E-state index is 0.142. The van der Waals surface area contributed by atoms with Crippen LogP contribution in [-0.2, 0) is 0 Å².